The molecule has 0 aromatic rings. The molecule has 0 spiro atoms. The summed E-state index contributed by atoms with van der Waals surface area (Å²) in [6.45, 7) is 5.00. The lowest BCUT2D eigenvalue weighted by Crippen LogP contribution is -2.45. The fraction of sp³-hybridized carbons (Fsp3) is 0.949. The van der Waals surface area contributed by atoms with Gasteiger partial charge in [-0.1, -0.05) is 398 Å². The highest BCUT2D eigenvalue weighted by Gasteiger charge is 2.20. The van der Waals surface area contributed by atoms with E-state index in [-0.39, 0.29) is 18.5 Å². The van der Waals surface area contributed by atoms with Crippen LogP contribution in [0.3, 0.4) is 0 Å². The van der Waals surface area contributed by atoms with Crippen LogP contribution in [-0.4, -0.2) is 47.4 Å². The smallest absolute Gasteiger partial charge is 0.305 e. The van der Waals surface area contributed by atoms with Crippen molar-refractivity contribution in [2.75, 3.05) is 13.2 Å². The van der Waals surface area contributed by atoms with Crippen molar-refractivity contribution < 1.29 is 24.5 Å². The average molecular weight is 1190 g/mol. The molecule has 6 heteroatoms. The number of rotatable bonds is 74. The van der Waals surface area contributed by atoms with Crippen LogP contribution in [0, 0.1) is 0 Å². The van der Waals surface area contributed by atoms with Gasteiger partial charge in [-0.25, -0.2) is 0 Å². The molecule has 1 amide bonds. The number of nitrogens with one attached hydrogen (secondary N) is 1. The van der Waals surface area contributed by atoms with Gasteiger partial charge < -0.3 is 20.3 Å². The van der Waals surface area contributed by atoms with E-state index in [0.29, 0.717) is 25.9 Å². The van der Waals surface area contributed by atoms with Gasteiger partial charge in [0.1, 0.15) is 0 Å². The quantitative estimate of drug-likeness (QED) is 0.0320. The minimum atomic E-state index is -0.661. The van der Waals surface area contributed by atoms with Crippen LogP contribution in [0.15, 0.2) is 12.2 Å². The molecule has 0 heterocycles. The Kier molecular flexibility index (Phi) is 72.8. The zero-order chi connectivity index (χ0) is 60.6. The minimum absolute atomic E-state index is 0.0191. The van der Waals surface area contributed by atoms with E-state index >= 15 is 0 Å². The van der Waals surface area contributed by atoms with Crippen molar-refractivity contribution in [1.82, 2.24) is 5.32 Å². The Balaban J connectivity index is 3.31. The number of carbonyl (C=O) groups excluding carboxylic acids is 2. The van der Waals surface area contributed by atoms with Gasteiger partial charge in [0.05, 0.1) is 25.4 Å². The zero-order valence-corrected chi connectivity index (χ0v) is 57.4. The number of hydrogen-bond acceptors (Lipinski definition) is 5. The molecule has 3 N–H and O–H groups in total. The van der Waals surface area contributed by atoms with Gasteiger partial charge in [0, 0.05) is 12.8 Å². The molecule has 0 rings (SSSR count). The number of carbonyl (C=O) groups is 2. The van der Waals surface area contributed by atoms with E-state index in [9.17, 15) is 19.8 Å². The highest BCUT2D eigenvalue weighted by Crippen LogP contribution is 2.20. The Morgan fingerprint density at radius 3 is 0.845 bits per heavy atom. The van der Waals surface area contributed by atoms with E-state index in [4.69, 9.17) is 4.74 Å². The highest BCUT2D eigenvalue weighted by molar-refractivity contribution is 5.76. The Labute approximate surface area is 527 Å². The SMILES string of the molecule is CCCCCCCC/C=C\CCCCCCCCCC(=O)OCCCCCCCCCCCCCCCCCCCCCCCCCCCCCCCCCCC(=O)NC(CO)C(O)CCCCCCCCCCCCCCCCCCCC. The molecular weight excluding hydrogens is 1030 g/mol. The number of aliphatic hydroxyl groups excluding tert-OH is 2. The molecule has 0 saturated carbocycles. The second kappa shape index (κ2) is 74.1. The number of ether oxygens (including phenoxy) is 1. The summed E-state index contributed by atoms with van der Waals surface area (Å²) in [5.41, 5.74) is 0. The first-order chi connectivity index (χ1) is 41.5. The maximum Gasteiger partial charge on any atom is 0.305 e. The van der Waals surface area contributed by atoms with E-state index in [1.807, 2.05) is 0 Å². The van der Waals surface area contributed by atoms with Crippen LogP contribution in [0.2, 0.25) is 0 Å². The number of esters is 1. The molecule has 84 heavy (non-hydrogen) atoms. The molecule has 0 aliphatic carbocycles. The van der Waals surface area contributed by atoms with Gasteiger partial charge in [0.25, 0.3) is 0 Å². The van der Waals surface area contributed by atoms with Gasteiger partial charge in [-0.15, -0.1) is 0 Å². The zero-order valence-electron chi connectivity index (χ0n) is 57.4. The van der Waals surface area contributed by atoms with Crippen LogP contribution in [0.4, 0.5) is 0 Å². The molecule has 0 fully saturated rings. The topological polar surface area (TPSA) is 95.9 Å². The summed E-state index contributed by atoms with van der Waals surface area (Å²) in [6, 6.07) is -0.538. The van der Waals surface area contributed by atoms with E-state index in [1.165, 1.54) is 379 Å². The lowest BCUT2D eigenvalue weighted by atomic mass is 10.0. The summed E-state index contributed by atoms with van der Waals surface area (Å²) in [5.74, 6) is -0.00649. The normalized spacial score (nSPS) is 12.5. The summed E-state index contributed by atoms with van der Waals surface area (Å²) in [6.07, 6.45) is 93.0. The average Bonchev–Trinajstić information content (AvgIpc) is 3.51. The van der Waals surface area contributed by atoms with Crippen LogP contribution in [-0.2, 0) is 14.3 Å². The number of hydrogen-bond donors (Lipinski definition) is 3. The number of aliphatic hydroxyl groups is 2. The molecule has 0 aromatic heterocycles. The first kappa shape index (κ1) is 82.6. The van der Waals surface area contributed by atoms with Crippen molar-refractivity contribution in [3.8, 4) is 0 Å². The van der Waals surface area contributed by atoms with Crippen LogP contribution in [0.5, 0.6) is 0 Å². The van der Waals surface area contributed by atoms with Gasteiger partial charge in [-0.3, -0.25) is 9.59 Å². The molecule has 0 aliphatic heterocycles. The van der Waals surface area contributed by atoms with Crippen molar-refractivity contribution in [2.45, 2.75) is 463 Å². The van der Waals surface area contributed by atoms with Crippen LogP contribution >= 0.6 is 0 Å². The summed E-state index contributed by atoms with van der Waals surface area (Å²) in [5, 5.41) is 23.4. The molecule has 0 bridgehead atoms. The van der Waals surface area contributed by atoms with Crippen molar-refractivity contribution in [2.24, 2.45) is 0 Å². The Hall–Kier alpha value is -1.40. The molecule has 500 valence electrons. The van der Waals surface area contributed by atoms with Crippen molar-refractivity contribution in [1.29, 1.82) is 0 Å². The summed E-state index contributed by atoms with van der Waals surface area (Å²) >= 11 is 0. The third-order valence-electron chi connectivity index (χ3n) is 18.6. The standard InChI is InChI=1S/C78H153NO5/c1-3-5-7-9-11-13-15-17-19-21-39-42-46-50-54-58-62-66-70-76(81)75(74-80)79-77(82)71-67-63-59-55-51-47-43-40-36-34-32-30-28-26-24-22-23-25-27-29-31-33-35-37-41-45-49-53-57-61-65-69-73-84-78(83)72-68-64-60-56-52-48-44-38-20-18-16-14-12-10-8-6-4-2/h18,20,75-76,80-81H,3-17,19,21-74H2,1-2H3,(H,79,82)/b20-18-. The van der Waals surface area contributed by atoms with Crippen molar-refractivity contribution in [3.63, 3.8) is 0 Å². The number of amides is 1. The number of allylic oxidation sites excluding steroid dienone is 2. The maximum atomic E-state index is 12.5. The Morgan fingerprint density at radius 2 is 0.560 bits per heavy atom. The highest BCUT2D eigenvalue weighted by atomic mass is 16.5. The van der Waals surface area contributed by atoms with Crippen LogP contribution < -0.4 is 5.32 Å². The molecule has 0 aromatic carbocycles. The minimum Gasteiger partial charge on any atom is -0.466 e. The van der Waals surface area contributed by atoms with Crippen LogP contribution in [0.1, 0.15) is 450 Å². The van der Waals surface area contributed by atoms with Crippen LogP contribution in [0.25, 0.3) is 0 Å². The fourth-order valence-electron chi connectivity index (χ4n) is 12.6. The molecule has 6 nitrogen and oxygen atoms in total. The Bertz CT molecular complexity index is 1270. The first-order valence-corrected chi connectivity index (χ1v) is 38.9. The number of unbranched alkanes of at least 4 members (excludes halogenated alkanes) is 61. The van der Waals surface area contributed by atoms with Gasteiger partial charge in [-0.05, 0) is 51.4 Å². The Morgan fingerprint density at radius 1 is 0.321 bits per heavy atom. The van der Waals surface area contributed by atoms with E-state index in [2.05, 4.69) is 31.3 Å². The van der Waals surface area contributed by atoms with Gasteiger partial charge in [0.15, 0.2) is 0 Å². The predicted molar refractivity (Wildman–Crippen MR) is 370 cm³/mol. The second-order valence-corrected chi connectivity index (χ2v) is 27.0. The fourth-order valence-corrected chi connectivity index (χ4v) is 12.6. The third kappa shape index (κ3) is 69.7. The van der Waals surface area contributed by atoms with E-state index in [1.54, 1.807) is 0 Å². The van der Waals surface area contributed by atoms with Crippen molar-refractivity contribution >= 4 is 11.9 Å². The van der Waals surface area contributed by atoms with E-state index in [0.717, 1.165) is 38.5 Å². The van der Waals surface area contributed by atoms with E-state index < -0.39 is 12.1 Å². The monoisotopic (exact) mass is 1180 g/mol. The van der Waals surface area contributed by atoms with Gasteiger partial charge in [0.2, 0.25) is 5.91 Å². The molecule has 2 atom stereocenters. The summed E-state index contributed by atoms with van der Waals surface area (Å²) in [4.78, 5) is 24.7. The first-order valence-electron chi connectivity index (χ1n) is 38.9. The maximum absolute atomic E-state index is 12.5. The van der Waals surface area contributed by atoms with Gasteiger partial charge >= 0.3 is 5.97 Å². The summed E-state index contributed by atoms with van der Waals surface area (Å²) < 4.78 is 5.51. The molecule has 0 aliphatic rings. The summed E-state index contributed by atoms with van der Waals surface area (Å²) in [7, 11) is 0. The third-order valence-corrected chi connectivity index (χ3v) is 18.6. The largest absolute Gasteiger partial charge is 0.466 e. The molecule has 2 unspecified atom stereocenters. The lowest BCUT2D eigenvalue weighted by Gasteiger charge is -2.22. The van der Waals surface area contributed by atoms with Crippen molar-refractivity contribution in [3.05, 3.63) is 12.2 Å². The molecule has 0 saturated heterocycles. The molecule has 0 radical (unpaired) electrons. The van der Waals surface area contributed by atoms with Gasteiger partial charge in [-0.2, -0.15) is 0 Å². The molecular formula is C78H153NO5. The lowest BCUT2D eigenvalue weighted by molar-refractivity contribution is -0.143. The predicted octanol–water partition coefficient (Wildman–Crippen LogP) is 25.5. The second-order valence-electron chi connectivity index (χ2n) is 27.0.